The van der Waals surface area contributed by atoms with Crippen molar-refractivity contribution in [2.75, 3.05) is 23.8 Å². The average molecular weight is 499 g/mol. The molecule has 0 aliphatic rings. The van der Waals surface area contributed by atoms with Gasteiger partial charge in [0.1, 0.15) is 5.75 Å². The summed E-state index contributed by atoms with van der Waals surface area (Å²) in [7, 11) is -3.66. The van der Waals surface area contributed by atoms with Gasteiger partial charge in [-0.1, -0.05) is 29.8 Å². The third kappa shape index (κ3) is 6.94. The predicted octanol–water partition coefficient (Wildman–Crippen LogP) is 3.52. The van der Waals surface area contributed by atoms with Crippen LogP contribution in [0, 0.1) is 0 Å². The van der Waals surface area contributed by atoms with E-state index in [9.17, 15) is 13.2 Å². The van der Waals surface area contributed by atoms with E-state index in [0.717, 1.165) is 22.2 Å². The number of amides is 1. The first-order chi connectivity index (χ1) is 14.3. The first kappa shape index (κ1) is 24.1. The highest BCUT2D eigenvalue weighted by Crippen LogP contribution is 2.26. The molecule has 2 rings (SSSR count). The lowest BCUT2D eigenvalue weighted by Crippen LogP contribution is -2.33. The van der Waals surface area contributed by atoms with E-state index in [1.165, 1.54) is 6.07 Å². The van der Waals surface area contributed by atoms with E-state index in [0.29, 0.717) is 31.9 Å². The summed E-state index contributed by atoms with van der Waals surface area (Å²) in [6, 6.07) is 8.99. The van der Waals surface area contributed by atoms with Crippen molar-refractivity contribution in [3.63, 3.8) is 0 Å². The van der Waals surface area contributed by atoms with Crippen molar-refractivity contribution in [3.05, 3.63) is 46.1 Å². The van der Waals surface area contributed by atoms with Crippen molar-refractivity contribution in [3.8, 4) is 5.75 Å². The summed E-state index contributed by atoms with van der Waals surface area (Å²) in [6.07, 6.45) is 1.33. The highest BCUT2D eigenvalue weighted by atomic mass is 79.9. The maximum absolute atomic E-state index is 12.1. The Balaban J connectivity index is 2.16. The monoisotopic (exact) mass is 498 g/mol. The van der Waals surface area contributed by atoms with Crippen LogP contribution in [0.5, 0.6) is 5.75 Å². The number of sulfonamides is 1. The Hall–Kier alpha value is -2.20. The first-order valence-corrected chi connectivity index (χ1v) is 12.3. The fraction of sp³-hybridized carbons (Fsp3) is 0.450. The number of anilines is 1. The number of nitrogens with zero attached hydrogens (tertiary/aromatic N) is 3. The van der Waals surface area contributed by atoms with Gasteiger partial charge in [-0.25, -0.2) is 13.1 Å². The van der Waals surface area contributed by atoms with Crippen LogP contribution in [0.2, 0.25) is 0 Å². The number of halogens is 1. The molecule has 0 bridgehead atoms. The van der Waals surface area contributed by atoms with Crippen molar-refractivity contribution >= 4 is 37.7 Å². The summed E-state index contributed by atoms with van der Waals surface area (Å²) in [5.41, 5.74) is 0.942. The lowest BCUT2D eigenvalue weighted by molar-refractivity contribution is 0.0975. The molecule has 1 aromatic carbocycles. The quantitative estimate of drug-likeness (QED) is 0.505. The Labute approximate surface area is 186 Å². The van der Waals surface area contributed by atoms with Crippen LogP contribution in [0.25, 0.3) is 0 Å². The molecule has 1 amide bonds. The lowest BCUT2D eigenvalue weighted by atomic mass is 10.2. The SMILES string of the molecule is CCCOc1ccc(Br)cc1CN(CC)c1ccc(C(=O)NS(=O)(=O)CCC)nn1. The number of hydrogen-bond donors (Lipinski definition) is 1. The standard InChI is InChI=1S/C20H27BrN4O4S/c1-4-11-29-18-9-7-16(21)13-15(18)14-25(6-3)19-10-8-17(22-23-19)20(26)24-30(27,28)12-5-2/h7-10,13H,4-6,11-12,14H2,1-3H3,(H,24,26). The maximum atomic E-state index is 12.1. The molecule has 10 heteroatoms. The second-order valence-corrected chi connectivity index (χ2v) is 9.40. The van der Waals surface area contributed by atoms with Crippen LogP contribution in [0.1, 0.15) is 49.7 Å². The molecule has 0 radical (unpaired) electrons. The number of hydrogen-bond acceptors (Lipinski definition) is 7. The van der Waals surface area contributed by atoms with Gasteiger partial charge in [0.2, 0.25) is 10.0 Å². The van der Waals surface area contributed by atoms with Crippen LogP contribution in [-0.2, 0) is 16.6 Å². The fourth-order valence-corrected chi connectivity index (χ4v) is 4.15. The number of benzene rings is 1. The average Bonchev–Trinajstić information content (AvgIpc) is 2.71. The Morgan fingerprint density at radius 2 is 1.90 bits per heavy atom. The van der Waals surface area contributed by atoms with Gasteiger partial charge in [0.15, 0.2) is 11.5 Å². The van der Waals surface area contributed by atoms with Gasteiger partial charge < -0.3 is 9.64 Å². The van der Waals surface area contributed by atoms with Gasteiger partial charge in [-0.05, 0) is 50.1 Å². The Bertz CT molecular complexity index is 952. The summed E-state index contributed by atoms with van der Waals surface area (Å²) in [4.78, 5) is 14.1. The predicted molar refractivity (Wildman–Crippen MR) is 120 cm³/mol. The zero-order chi connectivity index (χ0) is 22.1. The van der Waals surface area contributed by atoms with Gasteiger partial charge in [-0.15, -0.1) is 10.2 Å². The van der Waals surface area contributed by atoms with E-state index in [-0.39, 0.29) is 11.4 Å². The molecule has 0 saturated heterocycles. The Morgan fingerprint density at radius 3 is 2.50 bits per heavy atom. The first-order valence-electron chi connectivity index (χ1n) is 9.84. The molecule has 8 nitrogen and oxygen atoms in total. The van der Waals surface area contributed by atoms with E-state index < -0.39 is 15.9 Å². The van der Waals surface area contributed by atoms with Gasteiger partial charge in [0.05, 0.1) is 12.4 Å². The number of ether oxygens (including phenoxy) is 1. The summed E-state index contributed by atoms with van der Waals surface area (Å²) >= 11 is 3.50. The second kappa shape index (κ2) is 11.3. The van der Waals surface area contributed by atoms with Crippen LogP contribution < -0.4 is 14.4 Å². The van der Waals surface area contributed by atoms with Gasteiger partial charge in [0.25, 0.3) is 5.91 Å². The van der Waals surface area contributed by atoms with Crippen LogP contribution in [0.3, 0.4) is 0 Å². The van der Waals surface area contributed by atoms with Gasteiger partial charge in [-0.2, -0.15) is 0 Å². The highest BCUT2D eigenvalue weighted by Gasteiger charge is 2.18. The molecule has 2 aromatic rings. The molecular weight excluding hydrogens is 472 g/mol. The third-order valence-electron chi connectivity index (χ3n) is 4.16. The number of nitrogens with one attached hydrogen (secondary N) is 1. The number of rotatable bonds is 11. The third-order valence-corrected chi connectivity index (χ3v) is 6.09. The second-order valence-electron chi connectivity index (χ2n) is 6.64. The molecule has 0 spiro atoms. The van der Waals surface area contributed by atoms with Crippen molar-refractivity contribution < 1.29 is 17.9 Å². The van der Waals surface area contributed by atoms with E-state index >= 15 is 0 Å². The normalized spacial score (nSPS) is 11.2. The summed E-state index contributed by atoms with van der Waals surface area (Å²) in [5, 5.41) is 8.04. The zero-order valence-corrected chi connectivity index (χ0v) is 19.8. The number of aromatic nitrogens is 2. The van der Waals surface area contributed by atoms with Crippen LogP contribution in [0.4, 0.5) is 5.82 Å². The van der Waals surface area contributed by atoms with Crippen molar-refractivity contribution in [2.45, 2.75) is 40.2 Å². The van der Waals surface area contributed by atoms with Gasteiger partial charge >= 0.3 is 0 Å². The van der Waals surface area contributed by atoms with E-state index in [2.05, 4.69) is 33.1 Å². The van der Waals surface area contributed by atoms with Crippen LogP contribution in [-0.4, -0.2) is 43.4 Å². The molecule has 164 valence electrons. The maximum Gasteiger partial charge on any atom is 0.285 e. The van der Waals surface area contributed by atoms with Gasteiger partial charge in [-0.3, -0.25) is 4.79 Å². The molecule has 0 atom stereocenters. The summed E-state index contributed by atoms with van der Waals surface area (Å²) in [5.74, 6) is 0.478. The van der Waals surface area contributed by atoms with E-state index in [4.69, 9.17) is 4.74 Å². The fourth-order valence-electron chi connectivity index (χ4n) is 2.71. The molecule has 0 saturated carbocycles. The van der Waals surface area contributed by atoms with Crippen LogP contribution >= 0.6 is 15.9 Å². The molecule has 0 unspecified atom stereocenters. The molecule has 0 aliphatic carbocycles. The zero-order valence-electron chi connectivity index (χ0n) is 17.4. The molecule has 0 aliphatic heterocycles. The molecule has 1 aromatic heterocycles. The van der Waals surface area contributed by atoms with E-state index in [1.807, 2.05) is 34.7 Å². The molecule has 1 N–H and O–H groups in total. The smallest absolute Gasteiger partial charge is 0.285 e. The molecular formula is C20H27BrN4O4S. The molecule has 30 heavy (non-hydrogen) atoms. The van der Waals surface area contributed by atoms with Gasteiger partial charge in [0, 0.05) is 23.1 Å². The minimum absolute atomic E-state index is 0.0519. The minimum Gasteiger partial charge on any atom is -0.493 e. The van der Waals surface area contributed by atoms with E-state index in [1.54, 1.807) is 13.0 Å². The Morgan fingerprint density at radius 1 is 1.13 bits per heavy atom. The highest BCUT2D eigenvalue weighted by molar-refractivity contribution is 9.10. The Kier molecular flexibility index (Phi) is 9.04. The molecule has 1 heterocycles. The topological polar surface area (TPSA) is 101 Å². The number of carbonyl (C=O) groups is 1. The number of carbonyl (C=O) groups excluding carboxylic acids is 1. The summed E-state index contributed by atoms with van der Waals surface area (Å²) < 4.78 is 32.3. The lowest BCUT2D eigenvalue weighted by Gasteiger charge is -2.23. The van der Waals surface area contributed by atoms with Crippen LogP contribution in [0.15, 0.2) is 34.8 Å². The summed E-state index contributed by atoms with van der Waals surface area (Å²) in [6.45, 7) is 7.60. The minimum atomic E-state index is -3.66. The largest absolute Gasteiger partial charge is 0.493 e. The van der Waals surface area contributed by atoms with Crippen molar-refractivity contribution in [1.29, 1.82) is 0 Å². The molecule has 0 fully saturated rings. The van der Waals surface area contributed by atoms with Crippen molar-refractivity contribution in [1.82, 2.24) is 14.9 Å². The van der Waals surface area contributed by atoms with Crippen molar-refractivity contribution in [2.24, 2.45) is 0 Å².